The van der Waals surface area contributed by atoms with Gasteiger partial charge in [-0.05, 0) is 102 Å². The van der Waals surface area contributed by atoms with E-state index in [1.165, 1.54) is 40.5 Å². The third-order valence-electron chi connectivity index (χ3n) is 18.8. The molecule has 0 bridgehead atoms. The Morgan fingerprint density at radius 2 is 1.48 bits per heavy atom. The molecule has 23 nitrogen and oxygen atoms in total. The lowest BCUT2D eigenvalue weighted by Gasteiger charge is -2.38. The number of Topliss-reactive ketones (excluding diaryl/α,β-unsaturated/α-hetero) is 1. The zero-order valence-electron chi connectivity index (χ0n) is 57.5. The van der Waals surface area contributed by atoms with Crippen LogP contribution < -0.4 is 31.1 Å². The van der Waals surface area contributed by atoms with Crippen molar-refractivity contribution < 1.29 is 26.9 Å². The molecule has 27 heteroatoms. The van der Waals surface area contributed by atoms with Crippen molar-refractivity contribution >= 4 is 126 Å². The van der Waals surface area contributed by atoms with Gasteiger partial charge in [0.2, 0.25) is 0 Å². The number of aromatic amines is 2. The van der Waals surface area contributed by atoms with Crippen LogP contribution in [-0.2, 0) is 47.8 Å². The summed E-state index contributed by atoms with van der Waals surface area (Å²) in [5, 5.41) is 19.3. The van der Waals surface area contributed by atoms with Crippen molar-refractivity contribution in [1.29, 1.82) is 0 Å². The average molecular weight is 1460 g/mol. The first-order valence-electron chi connectivity index (χ1n) is 33.8. The van der Waals surface area contributed by atoms with Crippen molar-refractivity contribution in [2.45, 2.75) is 63.4 Å². The monoisotopic (exact) mass is 1460 g/mol. The summed E-state index contributed by atoms with van der Waals surface area (Å²) >= 11 is 8.14. The van der Waals surface area contributed by atoms with Gasteiger partial charge in [-0.1, -0.05) is 123 Å². The molecule has 6 N–H and O–H groups in total. The number of para-hydroxylation sites is 2. The number of piperazine rings is 1. The predicted octanol–water partition coefficient (Wildman–Crippen LogP) is 12.7. The first-order valence-corrected chi connectivity index (χ1v) is 38.5. The maximum Gasteiger partial charge on any atom is 0.347 e. The number of ether oxygens (including phenoxy) is 2. The molecule has 2 saturated heterocycles. The first-order chi connectivity index (χ1) is 49.5. The molecule has 528 valence electrons. The zero-order chi connectivity index (χ0) is 71.8. The molecule has 2 aliphatic heterocycles. The molecular formula is C76H77ClN16O7S3. The van der Waals surface area contributed by atoms with Gasteiger partial charge < -0.3 is 25.4 Å². The van der Waals surface area contributed by atoms with Crippen molar-refractivity contribution in [2.24, 2.45) is 11.1 Å². The van der Waals surface area contributed by atoms with Gasteiger partial charge in [-0.25, -0.2) is 51.9 Å². The zero-order valence-corrected chi connectivity index (χ0v) is 60.7. The molecule has 6 aromatic carbocycles. The van der Waals surface area contributed by atoms with Crippen molar-refractivity contribution in [1.82, 2.24) is 58.9 Å². The smallest absolute Gasteiger partial charge is 0.347 e. The van der Waals surface area contributed by atoms with E-state index in [9.17, 15) is 22.2 Å². The number of benzene rings is 6. The largest absolute Gasteiger partial charge is 0.497 e. The molecule has 3 aliphatic rings. The molecule has 0 amide bonds. The molecular weight excluding hydrogens is 1380 g/mol. The Bertz CT molecular complexity index is 5630. The Labute approximate surface area is 604 Å². The van der Waals surface area contributed by atoms with Gasteiger partial charge in [-0.2, -0.15) is 10.2 Å². The number of nitrogens with two attached hydrogens (primary N) is 1. The van der Waals surface area contributed by atoms with E-state index in [4.69, 9.17) is 41.8 Å². The van der Waals surface area contributed by atoms with E-state index >= 15 is 0 Å². The number of pyridine rings is 2. The summed E-state index contributed by atoms with van der Waals surface area (Å²) in [4.78, 5) is 54.7. The van der Waals surface area contributed by atoms with E-state index < -0.39 is 25.1 Å². The summed E-state index contributed by atoms with van der Waals surface area (Å²) in [5.41, 5.74) is 17.1. The van der Waals surface area contributed by atoms with Gasteiger partial charge in [0.25, 0.3) is 10.0 Å². The third kappa shape index (κ3) is 15.2. The Kier molecular flexibility index (Phi) is 19.7. The van der Waals surface area contributed by atoms with Crippen LogP contribution in [0, 0.1) is 5.41 Å². The highest BCUT2D eigenvalue weighted by atomic mass is 35.5. The summed E-state index contributed by atoms with van der Waals surface area (Å²) in [6.07, 6.45) is 8.66. The Morgan fingerprint density at radius 1 is 0.748 bits per heavy atom. The van der Waals surface area contributed by atoms with Crippen LogP contribution in [0.4, 0.5) is 23.1 Å². The number of hydrogen-bond donors (Lipinski definition) is 5. The van der Waals surface area contributed by atoms with Crippen LogP contribution in [0.5, 0.6) is 5.75 Å². The highest BCUT2D eigenvalue weighted by Gasteiger charge is 2.34. The first kappa shape index (κ1) is 70.0. The normalized spacial score (nSPS) is 15.6. The van der Waals surface area contributed by atoms with Crippen molar-refractivity contribution in [3.63, 3.8) is 0 Å². The minimum Gasteiger partial charge on any atom is -0.497 e. The number of nitrogens with one attached hydrogen (secondary N) is 4. The van der Waals surface area contributed by atoms with Gasteiger partial charge in [-0.3, -0.25) is 23.7 Å². The van der Waals surface area contributed by atoms with Gasteiger partial charge in [-0.15, -0.1) is 11.3 Å². The lowest BCUT2D eigenvalue weighted by atomic mass is 9.72. The van der Waals surface area contributed by atoms with Gasteiger partial charge in [0, 0.05) is 124 Å². The number of aromatic nitrogens is 10. The van der Waals surface area contributed by atoms with Gasteiger partial charge >= 0.3 is 5.69 Å². The number of fused-ring (bicyclic) bond motifs is 6. The van der Waals surface area contributed by atoms with Crippen molar-refractivity contribution in [3.05, 3.63) is 202 Å². The molecule has 1 saturated carbocycles. The summed E-state index contributed by atoms with van der Waals surface area (Å²) < 4.78 is 57.2. The average Bonchev–Trinajstić information content (AvgIpc) is 1.72. The fourth-order valence-corrected chi connectivity index (χ4v) is 16.1. The second-order valence-corrected chi connectivity index (χ2v) is 32.7. The van der Waals surface area contributed by atoms with Crippen LogP contribution in [0.1, 0.15) is 56.0 Å². The molecule has 1 aliphatic carbocycles. The van der Waals surface area contributed by atoms with Gasteiger partial charge in [0.1, 0.15) is 11.5 Å². The Morgan fingerprint density at radius 3 is 2.18 bits per heavy atom. The van der Waals surface area contributed by atoms with Crippen LogP contribution in [-0.4, -0.2) is 149 Å². The number of anilines is 4. The van der Waals surface area contributed by atoms with Crippen LogP contribution >= 0.6 is 22.9 Å². The topological polar surface area (TPSA) is 290 Å². The number of thiophene rings is 1. The van der Waals surface area contributed by atoms with E-state index in [1.54, 1.807) is 72.3 Å². The highest BCUT2D eigenvalue weighted by Crippen LogP contribution is 2.42. The van der Waals surface area contributed by atoms with Crippen LogP contribution in [0.2, 0.25) is 5.02 Å². The van der Waals surface area contributed by atoms with Crippen LogP contribution in [0.25, 0.3) is 82.5 Å². The number of halogens is 1. The van der Waals surface area contributed by atoms with Gasteiger partial charge in [0.05, 0.1) is 80.1 Å². The maximum absolute atomic E-state index is 13.4. The number of rotatable bonds is 16. The molecule has 0 radical (unpaired) electrons. The Hall–Kier alpha value is -10.0. The summed E-state index contributed by atoms with van der Waals surface area (Å²) in [5.74, 6) is 6.27. The molecule has 0 spiro atoms. The van der Waals surface area contributed by atoms with E-state index in [0.29, 0.717) is 51.9 Å². The van der Waals surface area contributed by atoms with Gasteiger partial charge in [0.15, 0.2) is 28.9 Å². The van der Waals surface area contributed by atoms with Crippen LogP contribution in [0.15, 0.2) is 180 Å². The summed E-state index contributed by atoms with van der Waals surface area (Å²) in [6.45, 7) is 12.7. The maximum atomic E-state index is 13.4. The SMILES string of the molecule is C=S(C)(=O)N1CCN(Cc2cc3nc(-c4cccc5[nH]ncc45)nc(N4CCOCC4)c3s2)CC1.COc1ccc(Cl)c(Nc2nc3ccccc3nc2NS(=O)(=O)c2cccc(CC(=O)C(C)(C)C)c2)c1.NC1(c2ccc(-c3nc4ccn5c(=O)[nH]nc5c4cc3-c3ccccc3)cc2)CCC1. The second kappa shape index (κ2) is 29.0. The van der Waals surface area contributed by atoms with Crippen LogP contribution in [0.3, 0.4) is 0 Å². The number of morpholine rings is 1. The second-order valence-electron chi connectivity index (χ2n) is 27.0. The molecule has 7 aromatic heterocycles. The molecule has 103 heavy (non-hydrogen) atoms. The summed E-state index contributed by atoms with van der Waals surface area (Å²) in [6, 6.07) is 49.3. The lowest BCUT2D eigenvalue weighted by Crippen LogP contribution is -2.47. The minimum atomic E-state index is -4.07. The molecule has 13 aromatic rings. The number of H-pyrrole nitrogens is 2. The number of sulfonamides is 1. The number of methoxy groups -OCH3 is 1. The number of ketones is 1. The number of nitrogens with zero attached hydrogens (tertiary/aromatic N) is 11. The molecule has 16 rings (SSSR count). The standard InChI is InChI=1S/C27H27ClN4O4S.C25H21N5O.C24H29N7O2S2/c1-27(2,3)24(33)15-17-8-7-9-19(14-17)37(34,35)32-26-25(29-21-10-5-6-11-22(21)30-26)31-23-16-18(36-4)12-13-20(23)28;26-25(12-4-13-25)18-9-7-17(8-10-18)22-19(16-5-2-1-3-6-16)15-20-21(27-22)11-14-30-23(20)28-29-24(30)31;1-35(2,32)31-8-6-29(7-9-31)16-17-14-21-22(34-17)24(30-10-12-33-13-11-30)27-23(26-21)18-4-3-5-20-19(18)15-25-28-20/h5-14,16H,15H2,1-4H3,(H,29,31)(H,30,32);1-3,5-11,14-15H,4,12-13,26H2,(H,29,31);3-5,14-15H,1,6-13,16H2,2H3,(H,25,28). The van der Waals surface area contributed by atoms with E-state index in [-0.39, 0.29) is 40.0 Å². The van der Waals surface area contributed by atoms with Crippen molar-refractivity contribution in [2.75, 3.05) is 80.8 Å². The lowest BCUT2D eigenvalue weighted by molar-refractivity contribution is -0.125. The summed E-state index contributed by atoms with van der Waals surface area (Å²) in [7, 11) is -4.68. The predicted molar refractivity (Wildman–Crippen MR) is 412 cm³/mol. The molecule has 1 unspecified atom stereocenters. The molecule has 9 heterocycles. The number of carbonyl (C=O) groups is 1. The number of hydrogen-bond acceptors (Lipinski definition) is 19. The minimum absolute atomic E-state index is 0.00578. The molecule has 1 atom stereocenters. The highest BCUT2D eigenvalue weighted by molar-refractivity contribution is 7.97. The van der Waals surface area contributed by atoms with E-state index in [0.717, 1.165) is 130 Å². The fourth-order valence-electron chi connectivity index (χ4n) is 12.8. The quantitative estimate of drug-likeness (QED) is 0.0562. The number of carbonyl (C=O) groups excluding carboxylic acids is 1. The Balaban J connectivity index is 0.000000131. The third-order valence-corrected chi connectivity index (χ3v) is 23.0. The fraction of sp³-hybridized carbons (Fsp3) is 0.263. The van der Waals surface area contributed by atoms with Crippen molar-refractivity contribution in [3.8, 4) is 39.5 Å². The molecule has 3 fully saturated rings. The van der Waals surface area contributed by atoms with E-state index in [1.807, 2.05) is 73.7 Å². The van der Waals surface area contributed by atoms with E-state index in [2.05, 4.69) is 111 Å².